The van der Waals surface area contributed by atoms with E-state index in [1.807, 2.05) is 31.1 Å². The molecule has 0 fully saturated rings. The van der Waals surface area contributed by atoms with Crippen LogP contribution in [0.2, 0.25) is 0 Å². The lowest BCUT2D eigenvalue weighted by Gasteiger charge is -2.26. The summed E-state index contributed by atoms with van der Waals surface area (Å²) in [5, 5.41) is 12.9. The molecule has 0 aliphatic carbocycles. The van der Waals surface area contributed by atoms with Crippen molar-refractivity contribution in [2.24, 2.45) is 0 Å². The molecule has 0 bridgehead atoms. The number of nitrogens with one attached hydrogen (secondary N) is 1. The second-order valence-corrected chi connectivity index (χ2v) is 6.21. The van der Waals surface area contributed by atoms with Gasteiger partial charge in [-0.2, -0.15) is 0 Å². The van der Waals surface area contributed by atoms with E-state index in [-0.39, 0.29) is 12.5 Å². The molecule has 1 aromatic rings. The van der Waals surface area contributed by atoms with Crippen LogP contribution in [0.3, 0.4) is 0 Å². The standard InChI is InChI=1S/C13H22N2O2S/c1-5-10-6-7-11(18-10)12(16)14-8-13(2,17)9-15(3)4/h6-7,17H,5,8-9H2,1-4H3,(H,14,16). The zero-order chi connectivity index (χ0) is 13.8. The predicted octanol–water partition coefficient (Wildman–Crippen LogP) is 1.35. The first-order chi connectivity index (χ1) is 8.34. The SMILES string of the molecule is CCc1ccc(C(=O)NCC(C)(O)CN(C)C)s1. The van der Waals surface area contributed by atoms with Gasteiger partial charge in [-0.3, -0.25) is 4.79 Å². The van der Waals surface area contributed by atoms with Gasteiger partial charge in [-0.05, 0) is 39.6 Å². The number of carbonyl (C=O) groups is 1. The Balaban J connectivity index is 2.50. The average Bonchev–Trinajstić information content (AvgIpc) is 2.72. The molecular weight excluding hydrogens is 248 g/mol. The number of carbonyl (C=O) groups excluding carboxylic acids is 1. The molecule has 1 rings (SSSR count). The van der Waals surface area contributed by atoms with E-state index in [4.69, 9.17) is 0 Å². The van der Waals surface area contributed by atoms with Crippen molar-refractivity contribution in [1.29, 1.82) is 0 Å². The Morgan fingerprint density at radius 3 is 2.67 bits per heavy atom. The number of thiophene rings is 1. The molecule has 0 saturated heterocycles. The van der Waals surface area contributed by atoms with Crippen LogP contribution in [-0.2, 0) is 6.42 Å². The summed E-state index contributed by atoms with van der Waals surface area (Å²) < 4.78 is 0. The summed E-state index contributed by atoms with van der Waals surface area (Å²) in [7, 11) is 3.78. The summed E-state index contributed by atoms with van der Waals surface area (Å²) in [6, 6.07) is 3.80. The van der Waals surface area contributed by atoms with Crippen LogP contribution >= 0.6 is 11.3 Å². The molecule has 0 radical (unpaired) electrons. The quantitative estimate of drug-likeness (QED) is 0.820. The number of hydrogen-bond acceptors (Lipinski definition) is 4. The van der Waals surface area contributed by atoms with E-state index < -0.39 is 5.60 Å². The molecule has 1 atom stereocenters. The number of amides is 1. The fourth-order valence-corrected chi connectivity index (χ4v) is 2.65. The van der Waals surface area contributed by atoms with E-state index in [1.165, 1.54) is 16.2 Å². The minimum atomic E-state index is -0.913. The van der Waals surface area contributed by atoms with Crippen molar-refractivity contribution in [3.8, 4) is 0 Å². The Bertz CT molecular complexity index is 399. The first-order valence-corrected chi connectivity index (χ1v) is 6.90. The van der Waals surface area contributed by atoms with Crippen molar-refractivity contribution in [2.45, 2.75) is 25.9 Å². The van der Waals surface area contributed by atoms with Gasteiger partial charge in [0.1, 0.15) is 0 Å². The first kappa shape index (κ1) is 15.1. The van der Waals surface area contributed by atoms with Crippen LogP contribution < -0.4 is 5.32 Å². The van der Waals surface area contributed by atoms with Crippen molar-refractivity contribution >= 4 is 17.2 Å². The maximum Gasteiger partial charge on any atom is 0.261 e. The van der Waals surface area contributed by atoms with Gasteiger partial charge in [0.2, 0.25) is 0 Å². The van der Waals surface area contributed by atoms with Gasteiger partial charge >= 0.3 is 0 Å². The lowest BCUT2D eigenvalue weighted by atomic mass is 10.1. The van der Waals surface area contributed by atoms with E-state index in [0.29, 0.717) is 11.4 Å². The van der Waals surface area contributed by atoms with Crippen molar-refractivity contribution in [2.75, 3.05) is 27.2 Å². The summed E-state index contributed by atoms with van der Waals surface area (Å²) in [4.78, 5) is 15.7. The first-order valence-electron chi connectivity index (χ1n) is 6.08. The van der Waals surface area contributed by atoms with E-state index in [9.17, 15) is 9.90 Å². The van der Waals surface area contributed by atoms with Crippen LogP contribution in [0, 0.1) is 0 Å². The lowest BCUT2D eigenvalue weighted by molar-refractivity contribution is 0.0326. The van der Waals surface area contributed by atoms with Crippen LogP contribution in [0.25, 0.3) is 0 Å². The third-order valence-electron chi connectivity index (χ3n) is 2.52. The van der Waals surface area contributed by atoms with E-state index in [1.54, 1.807) is 6.92 Å². The average molecular weight is 270 g/mol. The van der Waals surface area contributed by atoms with Gasteiger partial charge in [0.15, 0.2) is 0 Å². The van der Waals surface area contributed by atoms with Gasteiger partial charge in [0.05, 0.1) is 10.5 Å². The third-order valence-corrected chi connectivity index (χ3v) is 3.75. The Hall–Kier alpha value is -0.910. The van der Waals surface area contributed by atoms with Crippen LogP contribution in [0.15, 0.2) is 12.1 Å². The summed E-state index contributed by atoms with van der Waals surface area (Å²) >= 11 is 1.50. The molecule has 1 aromatic heterocycles. The van der Waals surface area contributed by atoms with Gasteiger partial charge in [0.25, 0.3) is 5.91 Å². The second kappa shape index (κ2) is 6.31. The Labute approximate surface area is 113 Å². The number of likely N-dealkylation sites (N-methyl/N-ethyl adjacent to an activating group) is 1. The molecule has 0 aromatic carbocycles. The Kier molecular flexibility index (Phi) is 5.31. The van der Waals surface area contributed by atoms with Gasteiger partial charge in [-0.15, -0.1) is 11.3 Å². The molecule has 1 heterocycles. The van der Waals surface area contributed by atoms with Gasteiger partial charge in [-0.1, -0.05) is 6.92 Å². The van der Waals surface area contributed by atoms with Crippen LogP contribution in [0.4, 0.5) is 0 Å². The summed E-state index contributed by atoms with van der Waals surface area (Å²) in [6.45, 7) is 4.55. The zero-order valence-corrected chi connectivity index (χ0v) is 12.3. The molecule has 18 heavy (non-hydrogen) atoms. The highest BCUT2D eigenvalue weighted by Gasteiger charge is 2.22. The predicted molar refractivity (Wildman–Crippen MR) is 75.2 cm³/mol. The molecule has 102 valence electrons. The van der Waals surface area contributed by atoms with Crippen molar-refractivity contribution < 1.29 is 9.90 Å². The largest absolute Gasteiger partial charge is 0.387 e. The molecule has 0 spiro atoms. The number of aryl methyl sites for hydroxylation is 1. The molecule has 0 aliphatic rings. The molecule has 0 saturated carbocycles. The molecule has 1 unspecified atom stereocenters. The van der Waals surface area contributed by atoms with Crippen molar-refractivity contribution in [1.82, 2.24) is 10.2 Å². The van der Waals surface area contributed by atoms with Crippen molar-refractivity contribution in [3.63, 3.8) is 0 Å². The van der Waals surface area contributed by atoms with Crippen LogP contribution in [0.1, 0.15) is 28.4 Å². The summed E-state index contributed by atoms with van der Waals surface area (Å²) in [5.74, 6) is -0.112. The van der Waals surface area contributed by atoms with Crippen LogP contribution in [-0.4, -0.2) is 48.7 Å². The molecule has 0 aliphatic heterocycles. The topological polar surface area (TPSA) is 52.6 Å². The number of nitrogens with zero attached hydrogens (tertiary/aromatic N) is 1. The maximum absolute atomic E-state index is 11.9. The van der Waals surface area contributed by atoms with Gasteiger partial charge in [-0.25, -0.2) is 0 Å². The molecule has 4 nitrogen and oxygen atoms in total. The highest BCUT2D eigenvalue weighted by molar-refractivity contribution is 7.14. The van der Waals surface area contributed by atoms with E-state index >= 15 is 0 Å². The molecular formula is C13H22N2O2S. The summed E-state index contributed by atoms with van der Waals surface area (Å²) in [6.07, 6.45) is 0.941. The molecule has 2 N–H and O–H groups in total. The van der Waals surface area contributed by atoms with Crippen LogP contribution in [0.5, 0.6) is 0 Å². The number of hydrogen-bond donors (Lipinski definition) is 2. The number of aliphatic hydroxyl groups is 1. The minimum absolute atomic E-state index is 0.112. The number of rotatable bonds is 6. The minimum Gasteiger partial charge on any atom is -0.387 e. The van der Waals surface area contributed by atoms with Crippen molar-refractivity contribution in [3.05, 3.63) is 21.9 Å². The maximum atomic E-state index is 11.9. The molecule has 1 amide bonds. The van der Waals surface area contributed by atoms with E-state index in [0.717, 1.165) is 6.42 Å². The second-order valence-electron chi connectivity index (χ2n) is 5.04. The van der Waals surface area contributed by atoms with E-state index in [2.05, 4.69) is 12.2 Å². The zero-order valence-electron chi connectivity index (χ0n) is 11.5. The monoisotopic (exact) mass is 270 g/mol. The lowest BCUT2D eigenvalue weighted by Crippen LogP contribution is -2.47. The smallest absolute Gasteiger partial charge is 0.261 e. The third kappa shape index (κ3) is 4.76. The fraction of sp³-hybridized carbons (Fsp3) is 0.615. The molecule has 5 heteroatoms. The normalized spacial score (nSPS) is 14.6. The summed E-state index contributed by atoms with van der Waals surface area (Å²) in [5.41, 5.74) is -0.913. The highest BCUT2D eigenvalue weighted by Crippen LogP contribution is 2.16. The van der Waals surface area contributed by atoms with Gasteiger partial charge < -0.3 is 15.3 Å². The Morgan fingerprint density at radius 2 is 2.17 bits per heavy atom. The Morgan fingerprint density at radius 1 is 1.50 bits per heavy atom. The highest BCUT2D eigenvalue weighted by atomic mass is 32.1. The fourth-order valence-electron chi connectivity index (χ4n) is 1.78. The van der Waals surface area contributed by atoms with Gasteiger partial charge in [0, 0.05) is 18.0 Å².